The van der Waals surface area contributed by atoms with Crippen LogP contribution >= 0.6 is 0 Å². The fourth-order valence-electron chi connectivity index (χ4n) is 2.79. The lowest BCUT2D eigenvalue weighted by Gasteiger charge is -2.08. The van der Waals surface area contributed by atoms with Crippen molar-refractivity contribution in [2.24, 2.45) is 5.73 Å². The molecule has 5 nitrogen and oxygen atoms in total. The Balaban J connectivity index is 1.93. The molecule has 0 radical (unpaired) electrons. The van der Waals surface area contributed by atoms with Crippen LogP contribution in [0.5, 0.6) is 11.5 Å². The monoisotopic (exact) mass is 295 g/mol. The average Bonchev–Trinajstić information content (AvgIpc) is 3.11. The van der Waals surface area contributed by atoms with Gasteiger partial charge in [-0.15, -0.1) is 0 Å². The van der Waals surface area contributed by atoms with Crippen molar-refractivity contribution in [1.82, 2.24) is 9.55 Å². The van der Waals surface area contributed by atoms with E-state index in [0.717, 1.165) is 33.9 Å². The highest BCUT2D eigenvalue weighted by Crippen LogP contribution is 2.37. The molecule has 0 unspecified atom stereocenters. The van der Waals surface area contributed by atoms with E-state index in [4.69, 9.17) is 20.2 Å². The van der Waals surface area contributed by atoms with Crippen LogP contribution in [0.3, 0.4) is 0 Å². The Morgan fingerprint density at radius 2 is 1.86 bits per heavy atom. The lowest BCUT2D eigenvalue weighted by Crippen LogP contribution is -2.10. The van der Waals surface area contributed by atoms with Crippen LogP contribution in [-0.4, -0.2) is 22.9 Å². The van der Waals surface area contributed by atoms with Crippen LogP contribution in [0.1, 0.15) is 5.56 Å². The van der Waals surface area contributed by atoms with Crippen LogP contribution in [0.25, 0.3) is 22.4 Å². The molecule has 22 heavy (non-hydrogen) atoms. The lowest BCUT2D eigenvalue weighted by atomic mass is 10.1. The Bertz CT molecular complexity index is 837. The van der Waals surface area contributed by atoms with E-state index in [-0.39, 0.29) is 6.79 Å². The number of aromatic nitrogens is 2. The number of aryl methyl sites for hydroxylation is 1. The molecule has 5 heteroatoms. The van der Waals surface area contributed by atoms with Gasteiger partial charge in [-0.3, -0.25) is 0 Å². The highest BCUT2D eigenvalue weighted by atomic mass is 16.7. The molecule has 2 heterocycles. The summed E-state index contributed by atoms with van der Waals surface area (Å²) in [6.45, 7) is 3.60. The van der Waals surface area contributed by atoms with Gasteiger partial charge in [-0.05, 0) is 6.92 Å². The maximum absolute atomic E-state index is 5.79. The van der Waals surface area contributed by atoms with Crippen LogP contribution in [0.2, 0.25) is 0 Å². The number of hydrogen-bond acceptors (Lipinski definition) is 4. The van der Waals surface area contributed by atoms with Gasteiger partial charge in [0.25, 0.3) is 0 Å². The fourth-order valence-corrected chi connectivity index (χ4v) is 2.79. The molecule has 2 aromatic carbocycles. The molecule has 4 rings (SSSR count). The summed E-state index contributed by atoms with van der Waals surface area (Å²) in [5.74, 6) is 2.44. The van der Waals surface area contributed by atoms with E-state index in [0.29, 0.717) is 13.1 Å². The maximum Gasteiger partial charge on any atom is 0.231 e. The topological polar surface area (TPSA) is 62.3 Å². The van der Waals surface area contributed by atoms with Gasteiger partial charge >= 0.3 is 0 Å². The number of rotatable bonds is 3. The number of fused-ring (bicyclic) bond motifs is 2. The number of benzene rings is 2. The molecule has 0 aliphatic carbocycles. The number of nitrogens with two attached hydrogens (primary N) is 1. The van der Waals surface area contributed by atoms with Crippen LogP contribution in [0, 0.1) is 6.92 Å². The number of ether oxygens (including phenoxy) is 2. The van der Waals surface area contributed by atoms with Gasteiger partial charge in [-0.2, -0.15) is 0 Å². The molecule has 0 fully saturated rings. The van der Waals surface area contributed by atoms with E-state index in [9.17, 15) is 0 Å². The van der Waals surface area contributed by atoms with Crippen molar-refractivity contribution in [1.29, 1.82) is 0 Å². The molecule has 1 aromatic heterocycles. The third kappa shape index (κ3) is 2.02. The average molecular weight is 295 g/mol. The molecule has 0 amide bonds. The van der Waals surface area contributed by atoms with E-state index >= 15 is 0 Å². The summed E-state index contributed by atoms with van der Waals surface area (Å²) >= 11 is 0. The van der Waals surface area contributed by atoms with Crippen molar-refractivity contribution in [2.45, 2.75) is 13.5 Å². The summed E-state index contributed by atoms with van der Waals surface area (Å²) < 4.78 is 13.1. The molecule has 2 N–H and O–H groups in total. The van der Waals surface area contributed by atoms with Gasteiger partial charge in [0.05, 0.1) is 11.0 Å². The third-order valence-corrected chi connectivity index (χ3v) is 3.91. The van der Waals surface area contributed by atoms with E-state index in [1.54, 1.807) is 0 Å². The van der Waals surface area contributed by atoms with Gasteiger partial charge in [-0.1, -0.05) is 29.8 Å². The molecule has 0 atom stereocenters. The summed E-state index contributed by atoms with van der Waals surface area (Å²) in [7, 11) is 0. The summed E-state index contributed by atoms with van der Waals surface area (Å²) in [6, 6.07) is 12.3. The van der Waals surface area contributed by atoms with Gasteiger partial charge in [0, 0.05) is 30.8 Å². The summed E-state index contributed by atoms with van der Waals surface area (Å²) in [4.78, 5) is 4.78. The van der Waals surface area contributed by atoms with Gasteiger partial charge in [0.1, 0.15) is 5.82 Å². The Labute approximate surface area is 128 Å². The maximum atomic E-state index is 5.79. The highest BCUT2D eigenvalue weighted by Gasteiger charge is 2.19. The largest absolute Gasteiger partial charge is 0.454 e. The number of imidazole rings is 1. The molecule has 1 aliphatic heterocycles. The molecule has 0 bridgehead atoms. The Morgan fingerprint density at radius 3 is 2.59 bits per heavy atom. The SMILES string of the molecule is Cc1ccc(-c2nc3cc4c(cc3n2CCN)OCO4)cc1. The second-order valence-corrected chi connectivity index (χ2v) is 5.44. The second-order valence-electron chi connectivity index (χ2n) is 5.44. The quantitative estimate of drug-likeness (QED) is 0.807. The zero-order valence-corrected chi connectivity index (χ0v) is 12.4. The standard InChI is InChI=1S/C17H17N3O2/c1-11-2-4-12(5-3-11)17-19-13-8-15-16(22-10-21-15)9-14(13)20(17)7-6-18/h2-5,8-9H,6-7,10,18H2,1H3. The minimum atomic E-state index is 0.268. The molecule has 0 saturated carbocycles. The molecular formula is C17H17N3O2. The highest BCUT2D eigenvalue weighted by molar-refractivity contribution is 5.84. The first-order valence-electron chi connectivity index (χ1n) is 7.33. The first-order valence-corrected chi connectivity index (χ1v) is 7.33. The third-order valence-electron chi connectivity index (χ3n) is 3.91. The van der Waals surface area contributed by atoms with Gasteiger partial charge in [0.2, 0.25) is 6.79 Å². The number of nitrogens with zero attached hydrogens (tertiary/aromatic N) is 2. The zero-order chi connectivity index (χ0) is 15.1. The van der Waals surface area contributed by atoms with E-state index in [1.165, 1.54) is 5.56 Å². The molecule has 0 saturated heterocycles. The van der Waals surface area contributed by atoms with Crippen molar-refractivity contribution < 1.29 is 9.47 Å². The van der Waals surface area contributed by atoms with E-state index in [2.05, 4.69) is 35.8 Å². The Kier molecular flexibility index (Phi) is 3.01. The van der Waals surface area contributed by atoms with Crippen molar-refractivity contribution in [3.05, 3.63) is 42.0 Å². The predicted molar refractivity (Wildman–Crippen MR) is 85.1 cm³/mol. The van der Waals surface area contributed by atoms with Gasteiger partial charge in [0.15, 0.2) is 11.5 Å². The van der Waals surface area contributed by atoms with Gasteiger partial charge < -0.3 is 19.8 Å². The van der Waals surface area contributed by atoms with Crippen LogP contribution < -0.4 is 15.2 Å². The number of hydrogen-bond donors (Lipinski definition) is 1. The molecular weight excluding hydrogens is 278 g/mol. The van der Waals surface area contributed by atoms with Crippen LogP contribution in [0.4, 0.5) is 0 Å². The first-order chi connectivity index (χ1) is 10.8. The zero-order valence-electron chi connectivity index (χ0n) is 12.4. The smallest absolute Gasteiger partial charge is 0.231 e. The fraction of sp³-hybridized carbons (Fsp3) is 0.235. The van der Waals surface area contributed by atoms with Crippen LogP contribution in [-0.2, 0) is 6.54 Å². The van der Waals surface area contributed by atoms with Crippen molar-refractivity contribution in [2.75, 3.05) is 13.3 Å². The van der Waals surface area contributed by atoms with Crippen molar-refractivity contribution >= 4 is 11.0 Å². The molecule has 3 aromatic rings. The normalized spacial score (nSPS) is 13.0. The first kappa shape index (κ1) is 13.2. The van der Waals surface area contributed by atoms with E-state index < -0.39 is 0 Å². The molecule has 1 aliphatic rings. The summed E-state index contributed by atoms with van der Waals surface area (Å²) in [6.07, 6.45) is 0. The Hall–Kier alpha value is -2.53. The van der Waals surface area contributed by atoms with Crippen molar-refractivity contribution in [3.63, 3.8) is 0 Å². The molecule has 112 valence electrons. The van der Waals surface area contributed by atoms with Crippen molar-refractivity contribution in [3.8, 4) is 22.9 Å². The summed E-state index contributed by atoms with van der Waals surface area (Å²) in [5.41, 5.74) is 10.0. The summed E-state index contributed by atoms with van der Waals surface area (Å²) in [5, 5.41) is 0. The molecule has 0 spiro atoms. The van der Waals surface area contributed by atoms with Crippen LogP contribution in [0.15, 0.2) is 36.4 Å². The second kappa shape index (κ2) is 5.03. The minimum Gasteiger partial charge on any atom is -0.454 e. The lowest BCUT2D eigenvalue weighted by molar-refractivity contribution is 0.174. The van der Waals surface area contributed by atoms with E-state index in [1.807, 2.05) is 12.1 Å². The Morgan fingerprint density at radius 1 is 1.14 bits per heavy atom. The predicted octanol–water partition coefficient (Wildman–Crippen LogP) is 2.70. The minimum absolute atomic E-state index is 0.268. The van der Waals surface area contributed by atoms with Gasteiger partial charge in [-0.25, -0.2) is 4.98 Å².